The Morgan fingerprint density at radius 1 is 1.03 bits per heavy atom. The van der Waals surface area contributed by atoms with Crippen LogP contribution in [0, 0.1) is 0 Å². The summed E-state index contributed by atoms with van der Waals surface area (Å²) >= 11 is 3.91. The Bertz CT molecular complexity index is 542. The summed E-state index contributed by atoms with van der Waals surface area (Å²) in [4.78, 5) is 34.2. The zero-order valence-electron chi connectivity index (χ0n) is 16.5. The molecule has 0 spiro atoms. The van der Waals surface area contributed by atoms with Crippen LogP contribution in [0.15, 0.2) is 0 Å². The maximum atomic E-state index is 11.9. The molecule has 3 atom stereocenters. The van der Waals surface area contributed by atoms with Gasteiger partial charge in [0, 0.05) is 30.5 Å². The Labute approximate surface area is 189 Å². The van der Waals surface area contributed by atoms with Crippen molar-refractivity contribution in [3.63, 3.8) is 0 Å². The van der Waals surface area contributed by atoms with Crippen LogP contribution in [0.25, 0.3) is 0 Å². The van der Waals surface area contributed by atoms with E-state index in [1.54, 1.807) is 0 Å². The van der Waals surface area contributed by atoms with E-state index >= 15 is 0 Å². The smallest absolute Gasteiger partial charge is 0.315 e. The number of alkyl halides is 1. The molecular weight excluding hydrogens is 511 g/mol. The van der Waals surface area contributed by atoms with Crippen LogP contribution in [-0.4, -0.2) is 84.9 Å². The van der Waals surface area contributed by atoms with Gasteiger partial charge < -0.3 is 30.7 Å². The Morgan fingerprint density at radius 3 is 2.41 bits per heavy atom. The molecule has 0 saturated carbocycles. The van der Waals surface area contributed by atoms with Crippen LogP contribution < -0.4 is 21.3 Å². The number of hydrogen-bond donors (Lipinski definition) is 4. The van der Waals surface area contributed by atoms with Gasteiger partial charge in [0.25, 0.3) is 0 Å². The molecule has 4 N–H and O–H groups in total. The molecule has 2 saturated heterocycles. The van der Waals surface area contributed by atoms with E-state index in [4.69, 9.17) is 9.47 Å². The molecule has 2 aliphatic heterocycles. The number of thioether (sulfide) groups is 1. The molecule has 0 aromatic rings. The van der Waals surface area contributed by atoms with Crippen molar-refractivity contribution in [2.24, 2.45) is 0 Å². The standard InChI is InChI=1S/C18H31IN4O5S/c19-11-16(25)21-6-8-28-10-9-27-7-5-20-15(24)4-2-1-3-14-17-13(12-29-14)22-18(26)23-17/h13-14,17H,1-12H2,(H,20,24)(H,21,25)(H2,22,23,26)/t13-,14+,17-/m1/s1. The summed E-state index contributed by atoms with van der Waals surface area (Å²) in [7, 11) is 0. The second-order valence-electron chi connectivity index (χ2n) is 6.93. The van der Waals surface area contributed by atoms with Crippen LogP contribution >= 0.6 is 34.4 Å². The van der Waals surface area contributed by atoms with Gasteiger partial charge in [-0.05, 0) is 12.8 Å². The van der Waals surface area contributed by atoms with Crippen molar-refractivity contribution in [2.75, 3.05) is 49.7 Å². The fourth-order valence-corrected chi connectivity index (χ4v) is 5.07. The van der Waals surface area contributed by atoms with Gasteiger partial charge >= 0.3 is 6.03 Å². The van der Waals surface area contributed by atoms with E-state index in [1.807, 2.05) is 34.4 Å². The van der Waals surface area contributed by atoms with Crippen molar-refractivity contribution in [1.82, 2.24) is 21.3 Å². The summed E-state index contributed by atoms with van der Waals surface area (Å²) < 4.78 is 11.2. The van der Waals surface area contributed by atoms with Gasteiger partial charge in [-0.15, -0.1) is 0 Å². The van der Waals surface area contributed by atoms with E-state index in [0.717, 1.165) is 25.0 Å². The summed E-state index contributed by atoms with van der Waals surface area (Å²) in [5.41, 5.74) is 0. The van der Waals surface area contributed by atoms with Crippen LogP contribution in [0.5, 0.6) is 0 Å². The quantitative estimate of drug-likeness (QED) is 0.103. The molecule has 0 unspecified atom stereocenters. The van der Waals surface area contributed by atoms with E-state index in [1.165, 1.54) is 0 Å². The molecule has 2 heterocycles. The summed E-state index contributed by atoms with van der Waals surface area (Å²) in [6.07, 6.45) is 3.37. The van der Waals surface area contributed by atoms with Gasteiger partial charge in [0.2, 0.25) is 11.8 Å². The average Bonchev–Trinajstić information content (AvgIpc) is 3.25. The van der Waals surface area contributed by atoms with Gasteiger partial charge in [-0.3, -0.25) is 9.59 Å². The minimum atomic E-state index is -0.0568. The van der Waals surface area contributed by atoms with Crippen molar-refractivity contribution in [2.45, 2.75) is 43.0 Å². The van der Waals surface area contributed by atoms with Crippen molar-refractivity contribution >= 4 is 52.2 Å². The number of hydrogen-bond acceptors (Lipinski definition) is 6. The van der Waals surface area contributed by atoms with Crippen molar-refractivity contribution < 1.29 is 23.9 Å². The Morgan fingerprint density at radius 2 is 1.72 bits per heavy atom. The minimum Gasteiger partial charge on any atom is -0.377 e. The normalized spacial score (nSPS) is 22.7. The monoisotopic (exact) mass is 542 g/mol. The van der Waals surface area contributed by atoms with Gasteiger partial charge in [-0.2, -0.15) is 11.8 Å². The molecule has 0 aromatic carbocycles. The number of halogens is 1. The van der Waals surface area contributed by atoms with Gasteiger partial charge in [0.1, 0.15) is 0 Å². The summed E-state index contributed by atoms with van der Waals surface area (Å²) in [5, 5.41) is 12.0. The molecule has 166 valence electrons. The summed E-state index contributed by atoms with van der Waals surface area (Å²) in [5.74, 6) is 1.02. The van der Waals surface area contributed by atoms with Gasteiger partial charge in [-0.1, -0.05) is 29.0 Å². The number of carbonyl (C=O) groups excluding carboxylic acids is 3. The zero-order valence-corrected chi connectivity index (χ0v) is 19.5. The number of amides is 4. The number of fused-ring (bicyclic) bond motifs is 1. The molecule has 2 rings (SSSR count). The lowest BCUT2D eigenvalue weighted by Crippen LogP contribution is -2.36. The third-order valence-electron chi connectivity index (χ3n) is 4.71. The lowest BCUT2D eigenvalue weighted by Gasteiger charge is -2.16. The molecule has 2 fully saturated rings. The predicted octanol–water partition coefficient (Wildman–Crippen LogP) is 0.413. The molecule has 0 aliphatic carbocycles. The first-order valence-corrected chi connectivity index (χ1v) is 12.6. The first-order chi connectivity index (χ1) is 14.1. The number of nitrogens with one attached hydrogen (secondary N) is 4. The third-order valence-corrected chi connectivity index (χ3v) is 6.91. The van der Waals surface area contributed by atoms with Gasteiger partial charge in [-0.25, -0.2) is 4.79 Å². The second-order valence-corrected chi connectivity index (χ2v) is 8.96. The Balaban J connectivity index is 1.35. The van der Waals surface area contributed by atoms with Gasteiger partial charge in [0.05, 0.1) is 42.9 Å². The molecule has 9 nitrogen and oxygen atoms in total. The van der Waals surface area contributed by atoms with Crippen molar-refractivity contribution in [3.05, 3.63) is 0 Å². The molecule has 29 heavy (non-hydrogen) atoms. The largest absolute Gasteiger partial charge is 0.377 e. The Hall–Kier alpha value is -0.790. The number of carbonyl (C=O) groups is 3. The molecule has 0 bridgehead atoms. The third kappa shape index (κ3) is 9.71. The average molecular weight is 542 g/mol. The molecule has 2 aliphatic rings. The fraction of sp³-hybridized carbons (Fsp3) is 0.833. The van der Waals surface area contributed by atoms with Crippen molar-refractivity contribution in [3.8, 4) is 0 Å². The highest BCUT2D eigenvalue weighted by Crippen LogP contribution is 2.33. The van der Waals surface area contributed by atoms with Crippen LogP contribution in [-0.2, 0) is 19.1 Å². The molecule has 0 aromatic heterocycles. The molecule has 11 heteroatoms. The first kappa shape index (κ1) is 24.5. The van der Waals surface area contributed by atoms with Crippen LogP contribution in [0.3, 0.4) is 0 Å². The summed E-state index contributed by atoms with van der Waals surface area (Å²) in [6, 6.07) is 0.434. The number of unbranched alkanes of at least 4 members (excludes halogenated alkanes) is 1. The molecular formula is C18H31IN4O5S. The van der Waals surface area contributed by atoms with Crippen LogP contribution in [0.1, 0.15) is 25.7 Å². The van der Waals surface area contributed by atoms with Gasteiger partial charge in [0.15, 0.2) is 0 Å². The maximum absolute atomic E-state index is 11.9. The Kier molecular flexibility index (Phi) is 12.0. The molecule has 0 radical (unpaired) electrons. The highest BCUT2D eigenvalue weighted by molar-refractivity contribution is 14.1. The minimum absolute atomic E-state index is 0.00636. The van der Waals surface area contributed by atoms with Crippen molar-refractivity contribution in [1.29, 1.82) is 0 Å². The van der Waals surface area contributed by atoms with E-state index < -0.39 is 0 Å². The van der Waals surface area contributed by atoms with Crippen LogP contribution in [0.4, 0.5) is 4.79 Å². The first-order valence-electron chi connectivity index (χ1n) is 10.0. The molecule has 4 amide bonds. The zero-order chi connectivity index (χ0) is 20.9. The second kappa shape index (κ2) is 14.3. The topological polar surface area (TPSA) is 118 Å². The lowest BCUT2D eigenvalue weighted by molar-refractivity contribution is -0.121. The highest BCUT2D eigenvalue weighted by Gasteiger charge is 2.42. The highest BCUT2D eigenvalue weighted by atomic mass is 127. The van der Waals surface area contributed by atoms with E-state index in [2.05, 4.69) is 21.3 Å². The predicted molar refractivity (Wildman–Crippen MR) is 121 cm³/mol. The fourth-order valence-electron chi connectivity index (χ4n) is 3.26. The summed E-state index contributed by atoms with van der Waals surface area (Å²) in [6.45, 7) is 2.84. The van der Waals surface area contributed by atoms with Crippen LogP contribution in [0.2, 0.25) is 0 Å². The maximum Gasteiger partial charge on any atom is 0.315 e. The van der Waals surface area contributed by atoms with E-state index in [9.17, 15) is 14.4 Å². The SMILES string of the molecule is O=C(CI)NCCOCCOCCNC(=O)CCCC[C@@H]1SC[C@H]2NC(=O)N[C@@H]12. The van der Waals surface area contributed by atoms with E-state index in [0.29, 0.717) is 55.6 Å². The van der Waals surface area contributed by atoms with E-state index in [-0.39, 0.29) is 29.9 Å². The number of ether oxygens (including phenoxy) is 2. The number of rotatable bonds is 15. The lowest BCUT2D eigenvalue weighted by atomic mass is 10.0. The number of urea groups is 1.